The lowest BCUT2D eigenvalue weighted by Gasteiger charge is -2.17. The van der Waals surface area contributed by atoms with E-state index in [0.717, 1.165) is 0 Å². The number of hydrogen-bond acceptors (Lipinski definition) is 8. The second-order valence-corrected chi connectivity index (χ2v) is 9.65. The zero-order chi connectivity index (χ0) is 28.8. The molecule has 1 atom stereocenters. The van der Waals surface area contributed by atoms with Crippen LogP contribution >= 0.6 is 0 Å². The molecule has 0 unspecified atom stereocenters. The molecule has 9 nitrogen and oxygen atoms in total. The van der Waals surface area contributed by atoms with E-state index in [0.29, 0.717) is 27.9 Å². The summed E-state index contributed by atoms with van der Waals surface area (Å²) in [6.45, 7) is 1.68. The van der Waals surface area contributed by atoms with Gasteiger partial charge in [-0.2, -0.15) is 5.26 Å². The minimum atomic E-state index is -2.62. The summed E-state index contributed by atoms with van der Waals surface area (Å²) < 4.78 is 52.2. The van der Waals surface area contributed by atoms with Crippen LogP contribution in [0.5, 0.6) is 17.4 Å². The highest BCUT2D eigenvalue weighted by Gasteiger charge is 2.23. The number of anilines is 1. The standard InChI is InChI=1S/C28H23F2N5O4S/c1-16-21(18-5-7-19(8-6-18)26(29)30)15-34-28(39-22-9-4-17(14-31)12-23(22)38-3)25(16)27(36)35-20-10-11-33-24(13-20)40(37)32-2/h4-13,15,26,32H,1-3H3,(H,33,35,36)/t40-/m1/s1. The van der Waals surface area contributed by atoms with Crippen LogP contribution in [-0.4, -0.2) is 34.6 Å². The zero-order valence-corrected chi connectivity index (χ0v) is 22.4. The fourth-order valence-electron chi connectivity index (χ4n) is 3.84. The largest absolute Gasteiger partial charge is 0.592 e. The van der Waals surface area contributed by atoms with Crippen LogP contribution in [0.3, 0.4) is 0 Å². The number of carbonyl (C=O) groups excluding carboxylic acids is 1. The highest BCUT2D eigenvalue weighted by atomic mass is 32.2. The fourth-order valence-corrected chi connectivity index (χ4v) is 4.44. The Kier molecular flexibility index (Phi) is 8.90. The topological polar surface area (TPSA) is 132 Å². The van der Waals surface area contributed by atoms with Crippen molar-refractivity contribution in [1.82, 2.24) is 14.7 Å². The molecule has 0 aliphatic rings. The van der Waals surface area contributed by atoms with Crippen LogP contribution in [0.2, 0.25) is 0 Å². The molecule has 0 aliphatic heterocycles. The zero-order valence-electron chi connectivity index (χ0n) is 21.6. The number of amides is 1. The number of pyridine rings is 2. The minimum Gasteiger partial charge on any atom is -0.592 e. The maximum Gasteiger partial charge on any atom is 0.267 e. The number of aromatic nitrogens is 2. The van der Waals surface area contributed by atoms with E-state index in [-0.39, 0.29) is 33.5 Å². The van der Waals surface area contributed by atoms with Gasteiger partial charge < -0.3 is 19.3 Å². The molecule has 4 rings (SSSR count). The first-order chi connectivity index (χ1) is 19.2. The molecule has 0 aliphatic carbocycles. The summed E-state index contributed by atoms with van der Waals surface area (Å²) in [5, 5.41) is 12.2. The Bertz CT molecular complexity index is 1580. The van der Waals surface area contributed by atoms with Gasteiger partial charge in [-0.1, -0.05) is 24.3 Å². The first kappa shape index (κ1) is 28.4. The summed E-state index contributed by atoms with van der Waals surface area (Å²) in [5.41, 5.74) is 2.17. The SMILES string of the molecule is CN[S@+]([O-])c1cc(NC(=O)c2c(Oc3ccc(C#N)cc3OC)ncc(-c3ccc(C(F)F)cc3)c2C)ccn1. The Labute approximate surface area is 232 Å². The van der Waals surface area contributed by atoms with Crippen molar-refractivity contribution >= 4 is 23.0 Å². The number of alkyl halides is 2. The van der Waals surface area contributed by atoms with E-state index in [1.165, 1.54) is 81.1 Å². The molecular formula is C28H23F2N5O4S. The summed E-state index contributed by atoms with van der Waals surface area (Å²) in [4.78, 5) is 22.1. The van der Waals surface area contributed by atoms with Gasteiger partial charge in [0.1, 0.15) is 5.56 Å². The lowest BCUT2D eigenvalue weighted by Crippen LogP contribution is -2.21. The smallest absolute Gasteiger partial charge is 0.267 e. The molecule has 4 aromatic rings. The van der Waals surface area contributed by atoms with E-state index in [1.54, 1.807) is 6.92 Å². The van der Waals surface area contributed by atoms with Gasteiger partial charge in [0.15, 0.2) is 11.5 Å². The van der Waals surface area contributed by atoms with Gasteiger partial charge in [0.2, 0.25) is 5.88 Å². The van der Waals surface area contributed by atoms with Gasteiger partial charge in [-0.3, -0.25) is 4.79 Å². The van der Waals surface area contributed by atoms with Gasteiger partial charge in [0.05, 0.1) is 30.1 Å². The molecule has 40 heavy (non-hydrogen) atoms. The Balaban J connectivity index is 1.79. The Morgan fingerprint density at radius 2 is 1.85 bits per heavy atom. The molecule has 204 valence electrons. The van der Waals surface area contributed by atoms with Crippen LogP contribution in [0.1, 0.15) is 33.5 Å². The second-order valence-electron chi connectivity index (χ2n) is 8.29. The van der Waals surface area contributed by atoms with Crippen LogP contribution in [0, 0.1) is 18.3 Å². The number of nitrogens with zero attached hydrogens (tertiary/aromatic N) is 3. The summed E-state index contributed by atoms with van der Waals surface area (Å²) in [6, 6.07) is 15.2. The number of nitriles is 1. The van der Waals surface area contributed by atoms with Crippen molar-refractivity contribution in [3.63, 3.8) is 0 Å². The molecule has 0 fully saturated rings. The molecule has 1 amide bonds. The Hall–Kier alpha value is -4.57. The van der Waals surface area contributed by atoms with Crippen LogP contribution in [-0.2, 0) is 11.4 Å². The third-order valence-corrected chi connectivity index (χ3v) is 6.85. The number of ether oxygens (including phenoxy) is 2. The molecule has 0 radical (unpaired) electrons. The summed E-state index contributed by atoms with van der Waals surface area (Å²) in [6.07, 6.45) is 0.274. The van der Waals surface area contributed by atoms with Crippen molar-refractivity contribution in [2.45, 2.75) is 18.4 Å². The lowest BCUT2D eigenvalue weighted by atomic mass is 9.97. The minimum absolute atomic E-state index is 0.0564. The fraction of sp³-hybridized carbons (Fsp3) is 0.143. The number of benzene rings is 2. The van der Waals surface area contributed by atoms with Gasteiger partial charge in [0.25, 0.3) is 17.4 Å². The molecule has 2 heterocycles. The molecule has 0 bridgehead atoms. The number of nitrogens with one attached hydrogen (secondary N) is 2. The molecular weight excluding hydrogens is 540 g/mol. The molecule has 2 aromatic heterocycles. The maximum atomic E-state index is 13.7. The van der Waals surface area contributed by atoms with Crippen LogP contribution in [0.15, 0.2) is 72.0 Å². The molecule has 0 saturated heterocycles. The summed E-state index contributed by atoms with van der Waals surface area (Å²) in [5.74, 6) is -0.179. The number of rotatable bonds is 9. The quantitative estimate of drug-likeness (QED) is 0.253. The normalized spacial score (nSPS) is 11.6. The van der Waals surface area contributed by atoms with E-state index in [1.807, 2.05) is 6.07 Å². The van der Waals surface area contributed by atoms with E-state index in [4.69, 9.17) is 9.47 Å². The maximum absolute atomic E-state index is 13.7. The van der Waals surface area contributed by atoms with Gasteiger partial charge in [-0.15, -0.1) is 4.72 Å². The highest BCUT2D eigenvalue weighted by molar-refractivity contribution is 7.89. The molecule has 2 aromatic carbocycles. The van der Waals surface area contributed by atoms with Crippen LogP contribution < -0.4 is 19.5 Å². The van der Waals surface area contributed by atoms with Gasteiger partial charge in [-0.25, -0.2) is 18.7 Å². The molecule has 12 heteroatoms. The van der Waals surface area contributed by atoms with Gasteiger partial charge >= 0.3 is 0 Å². The number of carbonyl (C=O) groups is 1. The predicted octanol–water partition coefficient (Wildman–Crippen LogP) is 5.56. The third kappa shape index (κ3) is 6.18. The molecule has 2 N–H and O–H groups in total. The highest BCUT2D eigenvalue weighted by Crippen LogP contribution is 2.37. The van der Waals surface area contributed by atoms with Crippen LogP contribution in [0.25, 0.3) is 11.1 Å². The monoisotopic (exact) mass is 563 g/mol. The first-order valence-electron chi connectivity index (χ1n) is 11.8. The average molecular weight is 564 g/mol. The summed E-state index contributed by atoms with van der Waals surface area (Å²) >= 11 is -1.58. The third-order valence-electron chi connectivity index (χ3n) is 5.87. The van der Waals surface area contributed by atoms with Crippen molar-refractivity contribution in [3.05, 3.63) is 89.2 Å². The second kappa shape index (κ2) is 12.5. The van der Waals surface area contributed by atoms with E-state index >= 15 is 0 Å². The van der Waals surface area contributed by atoms with Crippen molar-refractivity contribution < 1.29 is 27.6 Å². The van der Waals surface area contributed by atoms with Gasteiger partial charge in [-0.05, 0) is 36.2 Å². The number of halogens is 2. The molecule has 0 spiro atoms. The Morgan fingerprint density at radius 1 is 1.10 bits per heavy atom. The Morgan fingerprint density at radius 3 is 2.50 bits per heavy atom. The van der Waals surface area contributed by atoms with E-state index in [2.05, 4.69) is 20.0 Å². The van der Waals surface area contributed by atoms with Crippen LogP contribution in [0.4, 0.5) is 14.5 Å². The first-order valence-corrected chi connectivity index (χ1v) is 12.9. The van der Waals surface area contributed by atoms with E-state index < -0.39 is 23.7 Å². The predicted molar refractivity (Wildman–Crippen MR) is 145 cm³/mol. The number of hydrogen-bond donors (Lipinski definition) is 2. The lowest BCUT2D eigenvalue weighted by molar-refractivity contribution is 0.102. The van der Waals surface area contributed by atoms with Crippen molar-refractivity contribution in [2.24, 2.45) is 0 Å². The van der Waals surface area contributed by atoms with Gasteiger partial charge in [0, 0.05) is 48.4 Å². The average Bonchev–Trinajstić information content (AvgIpc) is 2.97. The molecule has 0 saturated carbocycles. The van der Waals surface area contributed by atoms with Crippen molar-refractivity contribution in [3.8, 4) is 34.6 Å². The van der Waals surface area contributed by atoms with Crippen molar-refractivity contribution in [1.29, 1.82) is 5.26 Å². The van der Waals surface area contributed by atoms with Crippen molar-refractivity contribution in [2.75, 3.05) is 19.5 Å². The summed E-state index contributed by atoms with van der Waals surface area (Å²) in [7, 11) is 2.93. The number of methoxy groups -OCH3 is 1. The van der Waals surface area contributed by atoms with E-state index in [9.17, 15) is 23.4 Å².